The van der Waals surface area contributed by atoms with E-state index < -0.39 is 5.97 Å². The molecule has 1 amide bonds. The fraction of sp³-hybridized carbons (Fsp3) is 0.379. The molecule has 37 heavy (non-hydrogen) atoms. The zero-order chi connectivity index (χ0) is 26.4. The van der Waals surface area contributed by atoms with Crippen molar-refractivity contribution in [1.82, 2.24) is 9.47 Å². The number of carboxylic acids is 1. The highest BCUT2D eigenvalue weighted by atomic mass is 16.7. The van der Waals surface area contributed by atoms with Crippen LogP contribution in [-0.2, 0) is 11.3 Å². The number of carboxylic acid groups (broad SMARTS) is 1. The number of amides is 1. The summed E-state index contributed by atoms with van der Waals surface area (Å²) in [6.07, 6.45) is 5.60. The molecule has 0 atom stereocenters. The lowest BCUT2D eigenvalue weighted by atomic mass is 9.99. The first-order chi connectivity index (χ1) is 18.0. The summed E-state index contributed by atoms with van der Waals surface area (Å²) in [5.74, 6) is 0.748. The van der Waals surface area contributed by atoms with E-state index in [0.29, 0.717) is 52.7 Å². The van der Waals surface area contributed by atoms with E-state index in [1.54, 1.807) is 42.1 Å². The molecule has 3 aromatic rings. The fourth-order valence-electron chi connectivity index (χ4n) is 4.54. The molecule has 0 bridgehead atoms. The monoisotopic (exact) mass is 506 g/mol. The van der Waals surface area contributed by atoms with Crippen molar-refractivity contribution < 1.29 is 28.9 Å². The highest BCUT2D eigenvalue weighted by molar-refractivity contribution is 6.03. The van der Waals surface area contributed by atoms with Crippen molar-refractivity contribution >= 4 is 11.9 Å². The number of carbonyl (C=O) groups excluding carboxylic acids is 1. The Labute approximate surface area is 217 Å². The zero-order valence-electron chi connectivity index (χ0n) is 21.7. The first-order valence-corrected chi connectivity index (χ1v) is 12.7. The van der Waals surface area contributed by atoms with Gasteiger partial charge in [0.05, 0.1) is 18.4 Å². The molecule has 196 valence electrons. The summed E-state index contributed by atoms with van der Waals surface area (Å²) in [4.78, 5) is 28.1. The standard InChI is InChI=1S/C29H34N2O6/c1-4-6-14-30(15-7-5-2)26(32)18-31-17-23(21-10-13-24-25(16-21)37-19-36-24)27(29(33)34)28(31)20-8-11-22(35-3)12-9-20/h8-13,16-17H,4-7,14-15,18-19H2,1-3H3,(H,33,34). The molecule has 8 nitrogen and oxygen atoms in total. The molecule has 1 aromatic heterocycles. The maximum Gasteiger partial charge on any atom is 0.338 e. The number of hydrogen-bond donors (Lipinski definition) is 1. The Morgan fingerprint density at radius 3 is 2.24 bits per heavy atom. The van der Waals surface area contributed by atoms with Gasteiger partial charge in [-0.3, -0.25) is 4.79 Å². The summed E-state index contributed by atoms with van der Waals surface area (Å²) in [6.45, 7) is 5.76. The number of methoxy groups -OCH3 is 1. The van der Waals surface area contributed by atoms with Crippen molar-refractivity contribution in [2.75, 3.05) is 27.0 Å². The molecule has 0 spiro atoms. The Kier molecular flexibility index (Phi) is 8.38. The number of fused-ring (bicyclic) bond motifs is 1. The van der Waals surface area contributed by atoms with Gasteiger partial charge < -0.3 is 28.8 Å². The van der Waals surface area contributed by atoms with Gasteiger partial charge in [-0.25, -0.2) is 4.79 Å². The van der Waals surface area contributed by atoms with E-state index in [4.69, 9.17) is 14.2 Å². The Morgan fingerprint density at radius 2 is 1.62 bits per heavy atom. The van der Waals surface area contributed by atoms with Crippen LogP contribution < -0.4 is 14.2 Å². The van der Waals surface area contributed by atoms with Gasteiger partial charge in [0, 0.05) is 24.8 Å². The summed E-state index contributed by atoms with van der Waals surface area (Å²) >= 11 is 0. The first-order valence-electron chi connectivity index (χ1n) is 12.7. The predicted octanol–water partition coefficient (Wildman–Crippen LogP) is 5.69. The molecular weight excluding hydrogens is 472 g/mol. The zero-order valence-corrected chi connectivity index (χ0v) is 21.7. The van der Waals surface area contributed by atoms with Crippen LogP contribution in [0.5, 0.6) is 17.2 Å². The third kappa shape index (κ3) is 5.74. The average molecular weight is 507 g/mol. The van der Waals surface area contributed by atoms with Gasteiger partial charge in [-0.05, 0) is 60.4 Å². The average Bonchev–Trinajstić information content (AvgIpc) is 3.53. The van der Waals surface area contributed by atoms with Crippen LogP contribution >= 0.6 is 0 Å². The van der Waals surface area contributed by atoms with Crippen molar-refractivity contribution in [2.24, 2.45) is 0 Å². The minimum Gasteiger partial charge on any atom is -0.497 e. The second kappa shape index (κ2) is 11.9. The molecule has 0 aliphatic carbocycles. The van der Waals surface area contributed by atoms with Crippen LogP contribution in [0.1, 0.15) is 49.9 Å². The molecule has 0 unspecified atom stereocenters. The highest BCUT2D eigenvalue weighted by Crippen LogP contribution is 2.40. The number of unbranched alkanes of at least 4 members (excludes halogenated alkanes) is 2. The summed E-state index contributed by atoms with van der Waals surface area (Å²) in [5.41, 5.74) is 2.48. The quantitative estimate of drug-likeness (QED) is 0.340. The Hall–Kier alpha value is -3.94. The second-order valence-corrected chi connectivity index (χ2v) is 9.08. The van der Waals surface area contributed by atoms with Crippen molar-refractivity contribution in [3.05, 3.63) is 54.2 Å². The van der Waals surface area contributed by atoms with Crippen LogP contribution in [0.4, 0.5) is 0 Å². The fourth-order valence-corrected chi connectivity index (χ4v) is 4.54. The Balaban J connectivity index is 1.81. The lowest BCUT2D eigenvalue weighted by Crippen LogP contribution is -2.35. The normalized spacial score (nSPS) is 12.0. The maximum atomic E-state index is 13.5. The molecule has 1 aliphatic rings. The van der Waals surface area contributed by atoms with Crippen molar-refractivity contribution in [1.29, 1.82) is 0 Å². The van der Waals surface area contributed by atoms with Gasteiger partial charge in [-0.1, -0.05) is 32.8 Å². The Morgan fingerprint density at radius 1 is 0.973 bits per heavy atom. The molecule has 0 saturated heterocycles. The summed E-state index contributed by atoms with van der Waals surface area (Å²) in [7, 11) is 1.58. The topological polar surface area (TPSA) is 90.2 Å². The number of aromatic carboxylic acids is 1. The third-order valence-electron chi connectivity index (χ3n) is 6.56. The highest BCUT2D eigenvalue weighted by Gasteiger charge is 2.27. The van der Waals surface area contributed by atoms with E-state index >= 15 is 0 Å². The van der Waals surface area contributed by atoms with E-state index in [0.717, 1.165) is 25.7 Å². The van der Waals surface area contributed by atoms with Crippen molar-refractivity contribution in [3.8, 4) is 39.6 Å². The number of rotatable bonds is 12. The maximum absolute atomic E-state index is 13.5. The Bertz CT molecular complexity index is 1240. The minimum atomic E-state index is -1.07. The lowest BCUT2D eigenvalue weighted by Gasteiger charge is -2.23. The predicted molar refractivity (Wildman–Crippen MR) is 141 cm³/mol. The number of carbonyl (C=O) groups is 2. The number of ether oxygens (including phenoxy) is 3. The van der Waals surface area contributed by atoms with Gasteiger partial charge in [0.1, 0.15) is 12.3 Å². The third-order valence-corrected chi connectivity index (χ3v) is 6.56. The van der Waals surface area contributed by atoms with Crippen LogP contribution in [0.25, 0.3) is 22.4 Å². The van der Waals surface area contributed by atoms with E-state index in [1.807, 2.05) is 23.1 Å². The number of nitrogens with zero attached hydrogens (tertiary/aromatic N) is 2. The van der Waals surface area contributed by atoms with Crippen LogP contribution in [0.15, 0.2) is 48.7 Å². The second-order valence-electron chi connectivity index (χ2n) is 9.08. The first kappa shape index (κ1) is 26.1. The summed E-state index contributed by atoms with van der Waals surface area (Å²) in [5, 5.41) is 10.4. The molecule has 0 fully saturated rings. The molecular formula is C29H34N2O6. The van der Waals surface area contributed by atoms with Gasteiger partial charge in [-0.15, -0.1) is 0 Å². The smallest absolute Gasteiger partial charge is 0.338 e. The van der Waals surface area contributed by atoms with Gasteiger partial charge in [0.25, 0.3) is 0 Å². The van der Waals surface area contributed by atoms with Crippen LogP contribution in [-0.4, -0.2) is 53.4 Å². The molecule has 4 rings (SSSR count). The molecule has 8 heteroatoms. The number of aromatic nitrogens is 1. The summed E-state index contributed by atoms with van der Waals surface area (Å²) < 4.78 is 18.0. The van der Waals surface area contributed by atoms with E-state index in [-0.39, 0.29) is 24.8 Å². The summed E-state index contributed by atoms with van der Waals surface area (Å²) in [6, 6.07) is 12.6. The van der Waals surface area contributed by atoms with Crippen molar-refractivity contribution in [3.63, 3.8) is 0 Å². The molecule has 0 radical (unpaired) electrons. The number of hydrogen-bond acceptors (Lipinski definition) is 5. The largest absolute Gasteiger partial charge is 0.497 e. The van der Waals surface area contributed by atoms with Gasteiger partial charge in [0.15, 0.2) is 11.5 Å². The van der Waals surface area contributed by atoms with Crippen molar-refractivity contribution in [2.45, 2.75) is 46.1 Å². The molecule has 2 aromatic carbocycles. The number of benzene rings is 2. The van der Waals surface area contributed by atoms with Crippen LogP contribution in [0.2, 0.25) is 0 Å². The molecule has 1 aliphatic heterocycles. The molecule has 1 N–H and O–H groups in total. The van der Waals surface area contributed by atoms with E-state index in [1.165, 1.54) is 0 Å². The van der Waals surface area contributed by atoms with Gasteiger partial charge in [-0.2, -0.15) is 0 Å². The van der Waals surface area contributed by atoms with Crippen LogP contribution in [0, 0.1) is 0 Å². The molecule has 0 saturated carbocycles. The van der Waals surface area contributed by atoms with Crippen LogP contribution in [0.3, 0.4) is 0 Å². The van der Waals surface area contributed by atoms with E-state index in [2.05, 4.69) is 13.8 Å². The minimum absolute atomic E-state index is 0.0270. The van der Waals surface area contributed by atoms with Gasteiger partial charge >= 0.3 is 5.97 Å². The lowest BCUT2D eigenvalue weighted by molar-refractivity contribution is -0.132. The van der Waals surface area contributed by atoms with E-state index in [9.17, 15) is 14.7 Å². The van der Waals surface area contributed by atoms with Gasteiger partial charge in [0.2, 0.25) is 12.7 Å². The SMILES string of the molecule is CCCCN(CCCC)C(=O)Cn1cc(-c2ccc3c(c2)OCO3)c(C(=O)O)c1-c1ccc(OC)cc1. The molecule has 2 heterocycles.